The lowest BCUT2D eigenvalue weighted by Gasteiger charge is -2.56. The SMILES string of the molecule is CN(CC(=O)N[C@H]1C2CN3CCN(C2)CC1(c1ccccc1)C3)Cc1ccncc1. The molecule has 4 aliphatic rings. The fourth-order valence-electron chi connectivity index (χ4n) is 5.89. The van der Waals surface area contributed by atoms with Gasteiger partial charge in [0.2, 0.25) is 5.91 Å². The minimum absolute atomic E-state index is 0.0295. The van der Waals surface area contributed by atoms with Crippen molar-refractivity contribution in [2.45, 2.75) is 18.0 Å². The average Bonchev–Trinajstić information content (AvgIpc) is 3.00. The van der Waals surface area contributed by atoms with E-state index in [9.17, 15) is 4.79 Å². The van der Waals surface area contributed by atoms with Gasteiger partial charge in [-0.25, -0.2) is 0 Å². The summed E-state index contributed by atoms with van der Waals surface area (Å²) < 4.78 is 0. The number of likely N-dealkylation sites (N-methyl/N-ethyl adjacent to an activating group) is 1. The number of pyridine rings is 1. The van der Waals surface area contributed by atoms with Gasteiger partial charge in [0.15, 0.2) is 0 Å². The molecule has 158 valence electrons. The predicted molar refractivity (Wildman–Crippen MR) is 117 cm³/mol. The van der Waals surface area contributed by atoms with Crippen LogP contribution in [0.25, 0.3) is 0 Å². The Morgan fingerprint density at radius 2 is 1.77 bits per heavy atom. The van der Waals surface area contributed by atoms with E-state index in [1.165, 1.54) is 11.1 Å². The number of rotatable bonds is 6. The molecule has 3 atom stereocenters. The van der Waals surface area contributed by atoms with Crippen molar-refractivity contribution in [3.05, 3.63) is 66.0 Å². The van der Waals surface area contributed by atoms with Crippen LogP contribution in [0.3, 0.4) is 0 Å². The zero-order valence-corrected chi connectivity index (χ0v) is 17.7. The first kappa shape index (κ1) is 19.7. The molecule has 4 saturated heterocycles. The summed E-state index contributed by atoms with van der Waals surface area (Å²) in [7, 11) is 2.01. The van der Waals surface area contributed by atoms with E-state index in [4.69, 9.17) is 0 Å². The number of piperidine rings is 2. The van der Waals surface area contributed by atoms with E-state index in [0.29, 0.717) is 12.5 Å². The molecule has 6 nitrogen and oxygen atoms in total. The van der Waals surface area contributed by atoms with E-state index in [0.717, 1.165) is 45.8 Å². The Morgan fingerprint density at radius 1 is 1.10 bits per heavy atom. The number of carbonyl (C=O) groups is 1. The molecule has 4 aliphatic heterocycles. The Kier molecular flexibility index (Phi) is 5.31. The van der Waals surface area contributed by atoms with Crippen LogP contribution in [-0.2, 0) is 16.8 Å². The summed E-state index contributed by atoms with van der Waals surface area (Å²) in [5, 5.41) is 3.50. The molecule has 4 fully saturated rings. The van der Waals surface area contributed by atoms with E-state index < -0.39 is 0 Å². The standard InChI is InChI=1S/C24H31N5O/c1-27(13-19-7-9-25-10-8-19)16-22(30)26-23-20-14-28-11-12-29(15-20)18-24(23,17-28)21-5-3-2-4-6-21/h2-10,20,23H,11-18H2,1H3,(H,26,30)/t20?,23-,24?/m0/s1. The van der Waals surface area contributed by atoms with Gasteiger partial charge in [-0.15, -0.1) is 0 Å². The molecule has 0 spiro atoms. The van der Waals surface area contributed by atoms with E-state index in [1.54, 1.807) is 12.4 Å². The number of benzene rings is 1. The van der Waals surface area contributed by atoms with Crippen molar-refractivity contribution in [3.63, 3.8) is 0 Å². The van der Waals surface area contributed by atoms with Crippen molar-refractivity contribution in [1.82, 2.24) is 25.0 Å². The van der Waals surface area contributed by atoms with Crippen molar-refractivity contribution in [1.29, 1.82) is 0 Å². The van der Waals surface area contributed by atoms with Crippen LogP contribution in [0.15, 0.2) is 54.9 Å². The molecule has 0 aliphatic carbocycles. The zero-order valence-electron chi connectivity index (χ0n) is 17.7. The zero-order chi connectivity index (χ0) is 20.6. The lowest BCUT2D eigenvalue weighted by Crippen LogP contribution is -2.71. The van der Waals surface area contributed by atoms with Gasteiger partial charge >= 0.3 is 0 Å². The second kappa shape index (κ2) is 8.10. The Morgan fingerprint density at radius 3 is 2.43 bits per heavy atom. The van der Waals surface area contributed by atoms with E-state index >= 15 is 0 Å². The molecular formula is C24H31N5O. The molecule has 1 N–H and O–H groups in total. The van der Waals surface area contributed by atoms with E-state index in [-0.39, 0.29) is 17.4 Å². The average molecular weight is 406 g/mol. The van der Waals surface area contributed by atoms with Gasteiger partial charge in [0, 0.05) is 75.6 Å². The van der Waals surface area contributed by atoms with Crippen LogP contribution in [0.2, 0.25) is 0 Å². The molecule has 1 amide bonds. The van der Waals surface area contributed by atoms with Gasteiger partial charge in [-0.05, 0) is 30.3 Å². The Bertz CT molecular complexity index is 858. The molecule has 1 aromatic carbocycles. The van der Waals surface area contributed by atoms with Gasteiger partial charge in [0.1, 0.15) is 0 Å². The molecule has 2 aromatic rings. The fraction of sp³-hybridized carbons (Fsp3) is 0.500. The highest BCUT2D eigenvalue weighted by Gasteiger charge is 2.55. The summed E-state index contributed by atoms with van der Waals surface area (Å²) in [5.41, 5.74) is 2.51. The van der Waals surface area contributed by atoms with Crippen LogP contribution in [-0.4, -0.2) is 84.5 Å². The molecule has 0 saturated carbocycles. The highest BCUT2D eigenvalue weighted by atomic mass is 16.2. The third-order valence-corrected chi connectivity index (χ3v) is 7.08. The molecule has 1 aromatic heterocycles. The molecule has 4 bridgehead atoms. The first-order valence-corrected chi connectivity index (χ1v) is 11.0. The highest BCUT2D eigenvalue weighted by Crippen LogP contribution is 2.43. The van der Waals surface area contributed by atoms with Crippen molar-refractivity contribution in [2.75, 3.05) is 52.9 Å². The molecule has 6 rings (SSSR count). The number of hydrogen-bond donors (Lipinski definition) is 1. The minimum Gasteiger partial charge on any atom is -0.351 e. The topological polar surface area (TPSA) is 51.7 Å². The number of carbonyl (C=O) groups excluding carboxylic acids is 1. The normalized spacial score (nSPS) is 32.2. The van der Waals surface area contributed by atoms with Crippen LogP contribution in [0.1, 0.15) is 11.1 Å². The summed E-state index contributed by atoms with van der Waals surface area (Å²) in [5.74, 6) is 0.604. The van der Waals surface area contributed by atoms with E-state index in [1.807, 2.05) is 19.2 Å². The summed E-state index contributed by atoms with van der Waals surface area (Å²) in [4.78, 5) is 24.5. The van der Waals surface area contributed by atoms with Crippen molar-refractivity contribution in [3.8, 4) is 0 Å². The Labute approximate surface area is 178 Å². The van der Waals surface area contributed by atoms with Crippen molar-refractivity contribution in [2.24, 2.45) is 5.92 Å². The number of nitrogens with one attached hydrogen (secondary N) is 1. The summed E-state index contributed by atoms with van der Waals surface area (Å²) in [6.07, 6.45) is 3.60. The Balaban J connectivity index is 1.34. The monoisotopic (exact) mass is 405 g/mol. The molecule has 30 heavy (non-hydrogen) atoms. The number of fused-ring (bicyclic) bond motifs is 1. The van der Waals surface area contributed by atoms with Gasteiger partial charge in [0.25, 0.3) is 0 Å². The van der Waals surface area contributed by atoms with Gasteiger partial charge in [0.05, 0.1) is 6.54 Å². The third kappa shape index (κ3) is 3.75. The smallest absolute Gasteiger partial charge is 0.234 e. The first-order valence-electron chi connectivity index (χ1n) is 11.0. The molecule has 5 heterocycles. The van der Waals surface area contributed by atoms with Crippen LogP contribution >= 0.6 is 0 Å². The van der Waals surface area contributed by atoms with Crippen LogP contribution in [0.5, 0.6) is 0 Å². The van der Waals surface area contributed by atoms with Crippen LogP contribution in [0, 0.1) is 5.92 Å². The van der Waals surface area contributed by atoms with Gasteiger partial charge in [-0.3, -0.25) is 14.7 Å². The lowest BCUT2D eigenvalue weighted by molar-refractivity contribution is -0.125. The summed E-state index contributed by atoms with van der Waals surface area (Å²) in [6.45, 7) is 7.66. The fourth-order valence-corrected chi connectivity index (χ4v) is 5.89. The Hall–Kier alpha value is -2.28. The number of hydrogen-bond acceptors (Lipinski definition) is 5. The molecule has 2 unspecified atom stereocenters. The second-order valence-corrected chi connectivity index (χ2v) is 9.33. The first-order chi connectivity index (χ1) is 14.6. The molecular weight excluding hydrogens is 374 g/mol. The van der Waals surface area contributed by atoms with Gasteiger partial charge in [-0.1, -0.05) is 30.3 Å². The minimum atomic E-state index is -0.0295. The second-order valence-electron chi connectivity index (χ2n) is 9.33. The molecule has 6 heteroatoms. The van der Waals surface area contributed by atoms with Gasteiger partial charge in [-0.2, -0.15) is 0 Å². The quantitative estimate of drug-likeness (QED) is 0.783. The summed E-state index contributed by atoms with van der Waals surface area (Å²) in [6, 6.07) is 15.1. The lowest BCUT2D eigenvalue weighted by atomic mass is 9.64. The van der Waals surface area contributed by atoms with Crippen LogP contribution in [0.4, 0.5) is 0 Å². The maximum absolute atomic E-state index is 13.1. The maximum atomic E-state index is 13.1. The largest absolute Gasteiger partial charge is 0.351 e. The highest BCUT2D eigenvalue weighted by molar-refractivity contribution is 5.78. The number of amides is 1. The third-order valence-electron chi connectivity index (χ3n) is 7.08. The van der Waals surface area contributed by atoms with Crippen molar-refractivity contribution >= 4 is 5.91 Å². The van der Waals surface area contributed by atoms with Gasteiger partial charge < -0.3 is 15.1 Å². The molecule has 0 radical (unpaired) electrons. The maximum Gasteiger partial charge on any atom is 0.234 e. The number of nitrogens with zero attached hydrogens (tertiary/aromatic N) is 4. The summed E-state index contributed by atoms with van der Waals surface area (Å²) >= 11 is 0. The predicted octanol–water partition coefficient (Wildman–Crippen LogP) is 1.20. The van der Waals surface area contributed by atoms with Crippen molar-refractivity contribution < 1.29 is 4.79 Å². The van der Waals surface area contributed by atoms with Crippen LogP contribution < -0.4 is 5.32 Å². The number of aromatic nitrogens is 1. The van der Waals surface area contributed by atoms with E-state index in [2.05, 4.69) is 55.3 Å².